The minimum atomic E-state index is -0.443. The second-order valence-corrected chi connectivity index (χ2v) is 7.71. The molecule has 168 valence electrons. The molecular formula is C27H27N3O3. The summed E-state index contributed by atoms with van der Waals surface area (Å²) in [7, 11) is 1.32. The van der Waals surface area contributed by atoms with Crippen molar-refractivity contribution in [2.75, 3.05) is 13.7 Å². The minimum Gasteiger partial charge on any atom is -0.468 e. The summed E-state index contributed by atoms with van der Waals surface area (Å²) in [4.78, 5) is 30.3. The van der Waals surface area contributed by atoms with Crippen LogP contribution in [0.4, 0.5) is 0 Å². The zero-order chi connectivity index (χ0) is 23.6. The summed E-state index contributed by atoms with van der Waals surface area (Å²) in [5, 5.41) is 9.60. The lowest BCUT2D eigenvalue weighted by molar-refractivity contribution is -0.147. The largest absolute Gasteiger partial charge is 0.468 e. The Bertz CT molecular complexity index is 1140. The SMILES string of the molecule is CCCCC(=O)N(CC(=O)OC)Cc1ccc(-c2cc(-c3ccccn3)ccc2C#N)cc1. The summed E-state index contributed by atoms with van der Waals surface area (Å²) in [5.41, 5.74) is 4.95. The first-order valence-corrected chi connectivity index (χ1v) is 10.9. The highest BCUT2D eigenvalue weighted by molar-refractivity contribution is 5.82. The van der Waals surface area contributed by atoms with Crippen molar-refractivity contribution in [3.8, 4) is 28.5 Å². The van der Waals surface area contributed by atoms with Gasteiger partial charge in [-0.3, -0.25) is 14.6 Å². The van der Waals surface area contributed by atoms with Gasteiger partial charge in [0.2, 0.25) is 5.91 Å². The van der Waals surface area contributed by atoms with Crippen LogP contribution in [-0.4, -0.2) is 35.4 Å². The van der Waals surface area contributed by atoms with Crippen molar-refractivity contribution in [2.24, 2.45) is 0 Å². The van der Waals surface area contributed by atoms with Gasteiger partial charge in [-0.05, 0) is 41.8 Å². The third-order valence-electron chi connectivity index (χ3n) is 5.38. The Kier molecular flexibility index (Phi) is 8.31. The molecule has 33 heavy (non-hydrogen) atoms. The molecule has 1 amide bonds. The zero-order valence-corrected chi connectivity index (χ0v) is 19.0. The molecule has 0 saturated carbocycles. The minimum absolute atomic E-state index is 0.0684. The number of carbonyl (C=O) groups is 2. The standard InChI is InChI=1S/C27H27N3O3/c1-3-4-8-26(31)30(19-27(32)33-2)18-20-9-11-21(12-10-20)24-16-22(13-14-23(24)17-28)25-7-5-6-15-29-25/h5-7,9-16H,3-4,8,18-19H2,1-2H3. The molecule has 0 aliphatic carbocycles. The lowest BCUT2D eigenvalue weighted by Gasteiger charge is -2.22. The summed E-state index contributed by atoms with van der Waals surface area (Å²) in [6, 6.07) is 21.3. The maximum absolute atomic E-state index is 12.6. The number of ether oxygens (including phenoxy) is 1. The predicted molar refractivity (Wildman–Crippen MR) is 127 cm³/mol. The van der Waals surface area contributed by atoms with Crippen molar-refractivity contribution in [2.45, 2.75) is 32.7 Å². The number of unbranched alkanes of at least 4 members (excludes halogenated alkanes) is 1. The van der Waals surface area contributed by atoms with E-state index in [4.69, 9.17) is 4.74 Å². The number of rotatable bonds is 9. The Labute approximate surface area is 194 Å². The van der Waals surface area contributed by atoms with Crippen LogP contribution >= 0.6 is 0 Å². The van der Waals surface area contributed by atoms with Gasteiger partial charge in [-0.1, -0.05) is 49.7 Å². The topological polar surface area (TPSA) is 83.3 Å². The Balaban J connectivity index is 1.85. The Morgan fingerprint density at radius 1 is 1.06 bits per heavy atom. The number of aromatic nitrogens is 1. The van der Waals surface area contributed by atoms with E-state index in [1.165, 1.54) is 12.0 Å². The fraction of sp³-hybridized carbons (Fsp3) is 0.259. The highest BCUT2D eigenvalue weighted by atomic mass is 16.5. The number of nitrogens with zero attached hydrogens (tertiary/aromatic N) is 3. The van der Waals surface area contributed by atoms with Gasteiger partial charge < -0.3 is 9.64 Å². The van der Waals surface area contributed by atoms with Crippen LogP contribution < -0.4 is 0 Å². The van der Waals surface area contributed by atoms with E-state index >= 15 is 0 Å². The molecule has 0 radical (unpaired) electrons. The van der Waals surface area contributed by atoms with Gasteiger partial charge >= 0.3 is 5.97 Å². The van der Waals surface area contributed by atoms with Crippen molar-refractivity contribution in [1.29, 1.82) is 5.26 Å². The molecule has 0 saturated heterocycles. The van der Waals surface area contributed by atoms with E-state index < -0.39 is 5.97 Å². The van der Waals surface area contributed by atoms with Gasteiger partial charge in [0, 0.05) is 30.3 Å². The fourth-order valence-electron chi connectivity index (χ4n) is 3.52. The van der Waals surface area contributed by atoms with Gasteiger partial charge in [0.05, 0.1) is 24.4 Å². The van der Waals surface area contributed by atoms with Crippen LogP contribution in [-0.2, 0) is 20.9 Å². The van der Waals surface area contributed by atoms with Gasteiger partial charge in [-0.25, -0.2) is 0 Å². The van der Waals surface area contributed by atoms with Crippen LogP contribution in [0.25, 0.3) is 22.4 Å². The van der Waals surface area contributed by atoms with Crippen molar-refractivity contribution < 1.29 is 14.3 Å². The average Bonchev–Trinajstić information content (AvgIpc) is 2.87. The predicted octanol–water partition coefficient (Wildman–Crippen LogP) is 4.98. The molecule has 0 unspecified atom stereocenters. The highest BCUT2D eigenvalue weighted by Crippen LogP contribution is 2.29. The number of carbonyl (C=O) groups excluding carboxylic acids is 2. The molecule has 0 aliphatic heterocycles. The number of pyridine rings is 1. The maximum Gasteiger partial charge on any atom is 0.325 e. The van der Waals surface area contributed by atoms with Gasteiger partial charge in [0.25, 0.3) is 0 Å². The van der Waals surface area contributed by atoms with Crippen LogP contribution in [0.15, 0.2) is 66.9 Å². The van der Waals surface area contributed by atoms with E-state index in [2.05, 4.69) is 11.1 Å². The number of benzene rings is 2. The van der Waals surface area contributed by atoms with Crippen LogP contribution in [0.2, 0.25) is 0 Å². The lowest BCUT2D eigenvalue weighted by Crippen LogP contribution is -2.35. The van der Waals surface area contributed by atoms with Gasteiger partial charge in [0.15, 0.2) is 0 Å². The molecule has 0 aliphatic rings. The summed E-state index contributed by atoms with van der Waals surface area (Å²) in [6.45, 7) is 2.26. The number of methoxy groups -OCH3 is 1. The molecule has 3 rings (SSSR count). The second-order valence-electron chi connectivity index (χ2n) is 7.71. The van der Waals surface area contributed by atoms with Crippen LogP contribution in [0.3, 0.4) is 0 Å². The van der Waals surface area contributed by atoms with Gasteiger partial charge in [-0.2, -0.15) is 5.26 Å². The van der Waals surface area contributed by atoms with Crippen LogP contribution in [0.1, 0.15) is 37.3 Å². The summed E-state index contributed by atoms with van der Waals surface area (Å²) < 4.78 is 4.75. The first kappa shape index (κ1) is 23.7. The average molecular weight is 442 g/mol. The van der Waals surface area contributed by atoms with Crippen molar-refractivity contribution in [1.82, 2.24) is 9.88 Å². The van der Waals surface area contributed by atoms with Crippen molar-refractivity contribution >= 4 is 11.9 Å². The van der Waals surface area contributed by atoms with Crippen molar-refractivity contribution in [3.05, 3.63) is 78.0 Å². The number of hydrogen-bond acceptors (Lipinski definition) is 5. The highest BCUT2D eigenvalue weighted by Gasteiger charge is 2.18. The molecule has 0 N–H and O–H groups in total. The normalized spacial score (nSPS) is 10.3. The Morgan fingerprint density at radius 2 is 1.82 bits per heavy atom. The van der Waals surface area contributed by atoms with Crippen LogP contribution in [0, 0.1) is 11.3 Å². The van der Waals surface area contributed by atoms with E-state index in [9.17, 15) is 14.9 Å². The first-order valence-electron chi connectivity index (χ1n) is 10.9. The van der Waals surface area contributed by atoms with E-state index in [-0.39, 0.29) is 12.5 Å². The summed E-state index contributed by atoms with van der Waals surface area (Å²) >= 11 is 0. The van der Waals surface area contributed by atoms with E-state index in [1.807, 2.05) is 61.5 Å². The molecule has 1 aromatic heterocycles. The quantitative estimate of drug-likeness (QED) is 0.437. The number of amides is 1. The monoisotopic (exact) mass is 441 g/mol. The van der Waals surface area contributed by atoms with E-state index in [1.54, 1.807) is 12.3 Å². The molecule has 2 aromatic carbocycles. The molecule has 0 spiro atoms. The van der Waals surface area contributed by atoms with Gasteiger partial charge in [0.1, 0.15) is 6.54 Å². The third kappa shape index (κ3) is 6.27. The Morgan fingerprint density at radius 3 is 2.45 bits per heavy atom. The number of esters is 1. The lowest BCUT2D eigenvalue weighted by atomic mass is 9.96. The number of nitriles is 1. The molecule has 0 bridgehead atoms. The number of hydrogen-bond donors (Lipinski definition) is 0. The maximum atomic E-state index is 12.6. The first-order chi connectivity index (χ1) is 16.0. The van der Waals surface area contributed by atoms with Crippen molar-refractivity contribution in [3.63, 3.8) is 0 Å². The molecule has 0 atom stereocenters. The molecule has 1 heterocycles. The summed E-state index contributed by atoms with van der Waals surface area (Å²) in [5.74, 6) is -0.511. The summed E-state index contributed by atoms with van der Waals surface area (Å²) in [6.07, 6.45) is 3.82. The van der Waals surface area contributed by atoms with Gasteiger partial charge in [-0.15, -0.1) is 0 Å². The smallest absolute Gasteiger partial charge is 0.325 e. The van der Waals surface area contributed by atoms with E-state index in [0.29, 0.717) is 18.5 Å². The molecule has 6 heteroatoms. The molecule has 6 nitrogen and oxygen atoms in total. The molecule has 3 aromatic rings. The van der Waals surface area contributed by atoms with E-state index in [0.717, 1.165) is 40.8 Å². The van der Waals surface area contributed by atoms with Crippen LogP contribution in [0.5, 0.6) is 0 Å². The third-order valence-corrected chi connectivity index (χ3v) is 5.38. The fourth-order valence-corrected chi connectivity index (χ4v) is 3.52. The molecular weight excluding hydrogens is 414 g/mol. The molecule has 0 fully saturated rings. The Hall–Kier alpha value is -3.98. The second kappa shape index (κ2) is 11.6. The zero-order valence-electron chi connectivity index (χ0n) is 19.0.